The molecule has 0 saturated carbocycles. The van der Waals surface area contributed by atoms with Crippen LogP contribution in [0.3, 0.4) is 0 Å². The van der Waals surface area contributed by atoms with Gasteiger partial charge in [0.15, 0.2) is 0 Å². The van der Waals surface area contributed by atoms with Crippen molar-refractivity contribution in [2.75, 3.05) is 26.2 Å². The molecule has 2 heterocycles. The van der Waals surface area contributed by atoms with Gasteiger partial charge in [0.1, 0.15) is 0 Å². The van der Waals surface area contributed by atoms with Gasteiger partial charge in [-0.05, 0) is 25.3 Å². The molecule has 2 fully saturated rings. The second kappa shape index (κ2) is 6.37. The Morgan fingerprint density at radius 1 is 1.26 bits per heavy atom. The molecule has 0 aromatic carbocycles. The van der Waals surface area contributed by atoms with E-state index in [1.165, 1.54) is 0 Å². The van der Waals surface area contributed by atoms with Gasteiger partial charge >= 0.3 is 0 Å². The highest BCUT2D eigenvalue weighted by atomic mass is 16.2. The molecule has 2 saturated heterocycles. The molecule has 2 atom stereocenters. The second-order valence-electron chi connectivity index (χ2n) is 5.76. The fourth-order valence-electron chi connectivity index (χ4n) is 2.95. The third-order valence-electron chi connectivity index (χ3n) is 4.33. The van der Waals surface area contributed by atoms with Crippen molar-refractivity contribution in [2.24, 2.45) is 11.8 Å². The smallest absolute Gasteiger partial charge is 0.227 e. The highest BCUT2D eigenvalue weighted by Gasteiger charge is 2.34. The van der Waals surface area contributed by atoms with Crippen LogP contribution in [0.4, 0.5) is 0 Å². The number of nitrogens with one attached hydrogen (secondary N) is 2. The predicted octanol–water partition coefficient (Wildman–Crippen LogP) is 0.359. The summed E-state index contributed by atoms with van der Waals surface area (Å²) in [5.74, 6) is 0.975. The highest BCUT2D eigenvalue weighted by molar-refractivity contribution is 5.80. The van der Waals surface area contributed by atoms with Crippen LogP contribution in [-0.2, 0) is 9.59 Å². The SMILES string of the molecule is CCC(=O)NC1CCN(C(=O)C2CNCC2C)CC1. The van der Waals surface area contributed by atoms with Gasteiger partial charge in [0.2, 0.25) is 11.8 Å². The van der Waals surface area contributed by atoms with Crippen LogP contribution < -0.4 is 10.6 Å². The lowest BCUT2D eigenvalue weighted by atomic mass is 9.95. The van der Waals surface area contributed by atoms with E-state index in [2.05, 4.69) is 17.6 Å². The number of amides is 2. The van der Waals surface area contributed by atoms with Gasteiger partial charge in [-0.3, -0.25) is 9.59 Å². The minimum atomic E-state index is 0.110. The molecule has 2 rings (SSSR count). The van der Waals surface area contributed by atoms with Crippen molar-refractivity contribution in [3.63, 3.8) is 0 Å². The lowest BCUT2D eigenvalue weighted by Gasteiger charge is -2.34. The summed E-state index contributed by atoms with van der Waals surface area (Å²) in [5.41, 5.74) is 0. The maximum atomic E-state index is 12.4. The number of hydrogen-bond acceptors (Lipinski definition) is 3. The first-order chi connectivity index (χ1) is 9.11. The van der Waals surface area contributed by atoms with E-state index in [0.29, 0.717) is 12.3 Å². The molecule has 5 nitrogen and oxygen atoms in total. The summed E-state index contributed by atoms with van der Waals surface area (Å²) in [4.78, 5) is 25.7. The zero-order chi connectivity index (χ0) is 13.8. The van der Waals surface area contributed by atoms with Gasteiger partial charge in [-0.15, -0.1) is 0 Å². The fraction of sp³-hybridized carbons (Fsp3) is 0.857. The summed E-state index contributed by atoms with van der Waals surface area (Å²) in [6, 6.07) is 0.246. The van der Waals surface area contributed by atoms with Crippen molar-refractivity contribution >= 4 is 11.8 Å². The first-order valence-electron chi connectivity index (χ1n) is 7.40. The predicted molar refractivity (Wildman–Crippen MR) is 73.6 cm³/mol. The van der Waals surface area contributed by atoms with Gasteiger partial charge < -0.3 is 15.5 Å². The number of piperidine rings is 1. The first kappa shape index (κ1) is 14.3. The zero-order valence-corrected chi connectivity index (χ0v) is 11.9. The molecule has 108 valence electrons. The van der Waals surface area contributed by atoms with Crippen LogP contribution in [0.1, 0.15) is 33.1 Å². The van der Waals surface area contributed by atoms with Crippen LogP contribution in [0.15, 0.2) is 0 Å². The van der Waals surface area contributed by atoms with E-state index in [1.54, 1.807) is 0 Å². The van der Waals surface area contributed by atoms with E-state index in [9.17, 15) is 9.59 Å². The van der Waals surface area contributed by atoms with Crippen LogP contribution >= 0.6 is 0 Å². The average molecular weight is 267 g/mol. The number of rotatable bonds is 3. The van der Waals surface area contributed by atoms with E-state index < -0.39 is 0 Å². The van der Waals surface area contributed by atoms with Gasteiger partial charge in [0, 0.05) is 32.1 Å². The molecule has 0 aromatic rings. The minimum Gasteiger partial charge on any atom is -0.353 e. The average Bonchev–Trinajstić information content (AvgIpc) is 2.85. The number of hydrogen-bond donors (Lipinski definition) is 2. The molecule has 5 heteroatoms. The Morgan fingerprint density at radius 3 is 2.47 bits per heavy atom. The molecule has 2 unspecified atom stereocenters. The van der Waals surface area contributed by atoms with Gasteiger partial charge in [-0.1, -0.05) is 13.8 Å². The summed E-state index contributed by atoms with van der Waals surface area (Å²) in [7, 11) is 0. The van der Waals surface area contributed by atoms with Crippen LogP contribution in [0, 0.1) is 11.8 Å². The van der Waals surface area contributed by atoms with Crippen molar-refractivity contribution < 1.29 is 9.59 Å². The second-order valence-corrected chi connectivity index (χ2v) is 5.76. The van der Waals surface area contributed by atoms with E-state index in [1.807, 2.05) is 11.8 Å². The quantitative estimate of drug-likeness (QED) is 0.776. The molecule has 2 aliphatic rings. The Labute approximate surface area is 115 Å². The number of likely N-dealkylation sites (tertiary alicyclic amines) is 1. The summed E-state index contributed by atoms with van der Waals surface area (Å²) >= 11 is 0. The molecular formula is C14H25N3O2. The Bertz CT molecular complexity index is 338. The van der Waals surface area contributed by atoms with E-state index in [0.717, 1.165) is 39.0 Å². The largest absolute Gasteiger partial charge is 0.353 e. The molecule has 0 bridgehead atoms. The summed E-state index contributed by atoms with van der Waals surface area (Å²) < 4.78 is 0. The monoisotopic (exact) mass is 267 g/mol. The number of carbonyl (C=O) groups is 2. The lowest BCUT2D eigenvalue weighted by molar-refractivity contribution is -0.137. The van der Waals surface area contributed by atoms with Crippen LogP contribution in [0.2, 0.25) is 0 Å². The lowest BCUT2D eigenvalue weighted by Crippen LogP contribution is -2.48. The van der Waals surface area contributed by atoms with Crippen LogP contribution in [-0.4, -0.2) is 48.9 Å². The topological polar surface area (TPSA) is 61.4 Å². The van der Waals surface area contributed by atoms with Crippen molar-refractivity contribution in [1.29, 1.82) is 0 Å². The molecular weight excluding hydrogens is 242 g/mol. The number of nitrogens with zero attached hydrogens (tertiary/aromatic N) is 1. The Hall–Kier alpha value is -1.10. The molecule has 0 aliphatic carbocycles. The summed E-state index contributed by atoms with van der Waals surface area (Å²) in [5, 5.41) is 6.30. The Balaban J connectivity index is 1.79. The van der Waals surface area contributed by atoms with E-state index in [-0.39, 0.29) is 23.8 Å². The van der Waals surface area contributed by atoms with Gasteiger partial charge in [0.25, 0.3) is 0 Å². The van der Waals surface area contributed by atoms with Crippen molar-refractivity contribution in [3.05, 3.63) is 0 Å². The fourth-order valence-corrected chi connectivity index (χ4v) is 2.95. The molecule has 2 aliphatic heterocycles. The molecule has 2 amide bonds. The van der Waals surface area contributed by atoms with Crippen LogP contribution in [0.25, 0.3) is 0 Å². The zero-order valence-electron chi connectivity index (χ0n) is 11.9. The van der Waals surface area contributed by atoms with Crippen molar-refractivity contribution in [3.8, 4) is 0 Å². The Morgan fingerprint density at radius 2 is 1.95 bits per heavy atom. The molecule has 0 radical (unpaired) electrons. The molecule has 2 N–H and O–H groups in total. The Kier molecular flexibility index (Phi) is 4.80. The maximum Gasteiger partial charge on any atom is 0.227 e. The highest BCUT2D eigenvalue weighted by Crippen LogP contribution is 2.21. The van der Waals surface area contributed by atoms with Crippen molar-refractivity contribution in [2.45, 2.75) is 39.2 Å². The van der Waals surface area contributed by atoms with Gasteiger partial charge in [-0.2, -0.15) is 0 Å². The first-order valence-corrected chi connectivity index (χ1v) is 7.40. The summed E-state index contributed by atoms with van der Waals surface area (Å²) in [6.45, 7) is 7.30. The normalized spacial score (nSPS) is 28.4. The van der Waals surface area contributed by atoms with E-state index in [4.69, 9.17) is 0 Å². The van der Waals surface area contributed by atoms with Crippen molar-refractivity contribution in [1.82, 2.24) is 15.5 Å². The molecule has 19 heavy (non-hydrogen) atoms. The maximum absolute atomic E-state index is 12.4. The van der Waals surface area contributed by atoms with Gasteiger partial charge in [0.05, 0.1) is 5.92 Å². The van der Waals surface area contributed by atoms with Gasteiger partial charge in [-0.25, -0.2) is 0 Å². The molecule has 0 spiro atoms. The van der Waals surface area contributed by atoms with E-state index >= 15 is 0 Å². The number of carbonyl (C=O) groups excluding carboxylic acids is 2. The third-order valence-corrected chi connectivity index (χ3v) is 4.33. The summed E-state index contributed by atoms with van der Waals surface area (Å²) in [6.07, 6.45) is 2.29. The molecule has 0 aromatic heterocycles. The minimum absolute atomic E-state index is 0.110. The third kappa shape index (κ3) is 3.47. The van der Waals surface area contributed by atoms with Crippen LogP contribution in [0.5, 0.6) is 0 Å². The standard InChI is InChI=1S/C14H25N3O2/c1-3-13(18)16-11-4-6-17(7-5-11)14(19)12-9-15-8-10(12)2/h10-12,15H,3-9H2,1-2H3,(H,16,18).